The van der Waals surface area contributed by atoms with E-state index in [4.69, 9.17) is 0 Å². The molecule has 0 saturated heterocycles. The summed E-state index contributed by atoms with van der Waals surface area (Å²) in [6, 6.07) is 3.90. The highest BCUT2D eigenvalue weighted by Gasteiger charge is 1.92. The van der Waals surface area contributed by atoms with Gasteiger partial charge in [-0.1, -0.05) is 52.5 Å². The number of nitrogens with zero attached hydrogens (tertiary/aromatic N) is 1. The molecule has 0 unspecified atom stereocenters. The Labute approximate surface area is 119 Å². The summed E-state index contributed by atoms with van der Waals surface area (Å²) in [5.74, 6) is 0. The van der Waals surface area contributed by atoms with Gasteiger partial charge in [0.15, 0.2) is 0 Å². The molecular weight excluding hydrogens is 232 g/mol. The van der Waals surface area contributed by atoms with Crippen molar-refractivity contribution in [2.75, 3.05) is 13.1 Å². The molecule has 0 aliphatic carbocycles. The molecule has 1 aromatic heterocycles. The van der Waals surface area contributed by atoms with Gasteiger partial charge in [-0.25, -0.2) is 0 Å². The van der Waals surface area contributed by atoms with Crippen LogP contribution in [-0.4, -0.2) is 18.1 Å². The third-order valence-electron chi connectivity index (χ3n) is 2.09. The first-order valence-corrected chi connectivity index (χ1v) is 7.20. The van der Waals surface area contributed by atoms with Crippen molar-refractivity contribution < 1.29 is 0 Å². The molecule has 0 bridgehead atoms. The van der Waals surface area contributed by atoms with Crippen LogP contribution >= 0.6 is 0 Å². The van der Waals surface area contributed by atoms with Gasteiger partial charge in [0.05, 0.1) is 5.69 Å². The minimum absolute atomic E-state index is 0.977. The average Bonchev–Trinajstić information content (AvgIpc) is 2.49. The average molecular weight is 262 g/mol. The van der Waals surface area contributed by atoms with Crippen LogP contribution in [0.4, 0.5) is 0 Å². The lowest BCUT2D eigenvalue weighted by atomic mass is 10.2. The van der Waals surface area contributed by atoms with Crippen LogP contribution in [0, 0.1) is 0 Å². The maximum atomic E-state index is 4.18. The molecule has 0 aliphatic heterocycles. The lowest BCUT2D eigenvalue weighted by Gasteiger charge is -1.96. The number of nitrogens with one attached hydrogen (secondary N) is 1. The molecule has 0 amide bonds. The number of allylic oxidation sites excluding steroid dienone is 1. The maximum Gasteiger partial charge on any atom is 0.0698 e. The molecule has 0 atom stereocenters. The van der Waals surface area contributed by atoms with Crippen molar-refractivity contribution in [3.8, 4) is 0 Å². The Kier molecular flexibility index (Phi) is 17.4. The topological polar surface area (TPSA) is 24.9 Å². The van der Waals surface area contributed by atoms with Crippen LogP contribution in [0.1, 0.15) is 52.3 Å². The Morgan fingerprint density at radius 1 is 1.32 bits per heavy atom. The van der Waals surface area contributed by atoms with Crippen LogP contribution in [-0.2, 0) is 0 Å². The third kappa shape index (κ3) is 11.4. The zero-order valence-corrected chi connectivity index (χ0v) is 13.2. The van der Waals surface area contributed by atoms with Gasteiger partial charge in [-0.3, -0.25) is 4.98 Å². The molecule has 1 rings (SSSR count). The summed E-state index contributed by atoms with van der Waals surface area (Å²) in [5, 5.41) is 3.20. The number of hydrogen-bond donors (Lipinski definition) is 1. The molecule has 1 N–H and O–H groups in total. The first-order chi connectivity index (χ1) is 9.29. The van der Waals surface area contributed by atoms with Crippen LogP contribution in [0.2, 0.25) is 0 Å². The highest BCUT2D eigenvalue weighted by atomic mass is 14.8. The first-order valence-electron chi connectivity index (χ1n) is 7.20. The monoisotopic (exact) mass is 262 g/mol. The standard InChI is InChI=1S/C10H11N.C5H13N.C2H6/c1-3-6-10-9(4-2)7-5-8-11-10;1-3-5-6-4-2;1-2/h3-8H,2H2,1H3;6H,3-5H2,1-2H3;1-2H3/b6-3-;;. The highest BCUT2D eigenvalue weighted by Crippen LogP contribution is 2.07. The summed E-state index contributed by atoms with van der Waals surface area (Å²) in [6.45, 7) is 16.2. The largest absolute Gasteiger partial charge is 0.317 e. The minimum Gasteiger partial charge on any atom is -0.317 e. The third-order valence-corrected chi connectivity index (χ3v) is 2.09. The van der Waals surface area contributed by atoms with E-state index in [9.17, 15) is 0 Å². The molecule has 1 aromatic rings. The van der Waals surface area contributed by atoms with Crippen molar-refractivity contribution in [1.29, 1.82) is 0 Å². The van der Waals surface area contributed by atoms with Crippen molar-refractivity contribution in [2.24, 2.45) is 0 Å². The second-order valence-corrected chi connectivity index (χ2v) is 3.54. The Morgan fingerprint density at radius 2 is 2.00 bits per heavy atom. The van der Waals surface area contributed by atoms with E-state index in [1.807, 2.05) is 51.1 Å². The molecule has 0 spiro atoms. The van der Waals surface area contributed by atoms with Gasteiger partial charge in [0.25, 0.3) is 0 Å². The Hall–Kier alpha value is -1.41. The Balaban J connectivity index is 0. The van der Waals surface area contributed by atoms with Crippen molar-refractivity contribution in [1.82, 2.24) is 10.3 Å². The normalized spacial score (nSPS) is 9.11. The maximum absolute atomic E-state index is 4.18. The lowest BCUT2D eigenvalue weighted by molar-refractivity contribution is 0.703. The molecule has 0 aromatic carbocycles. The van der Waals surface area contributed by atoms with Gasteiger partial charge >= 0.3 is 0 Å². The lowest BCUT2D eigenvalue weighted by Crippen LogP contribution is -2.12. The summed E-state index contributed by atoms with van der Waals surface area (Å²) in [7, 11) is 0. The van der Waals surface area contributed by atoms with Crippen molar-refractivity contribution in [2.45, 2.75) is 41.0 Å². The van der Waals surface area contributed by atoms with Gasteiger partial charge in [0, 0.05) is 6.20 Å². The van der Waals surface area contributed by atoms with E-state index in [-0.39, 0.29) is 0 Å². The molecule has 108 valence electrons. The van der Waals surface area contributed by atoms with E-state index >= 15 is 0 Å². The quantitative estimate of drug-likeness (QED) is 0.772. The second-order valence-electron chi connectivity index (χ2n) is 3.54. The fourth-order valence-electron chi connectivity index (χ4n) is 1.25. The molecule has 2 nitrogen and oxygen atoms in total. The minimum atomic E-state index is 0.977. The molecule has 0 fully saturated rings. The summed E-state index contributed by atoms with van der Waals surface area (Å²) in [4.78, 5) is 4.18. The molecule has 0 saturated carbocycles. The van der Waals surface area contributed by atoms with E-state index in [1.165, 1.54) is 6.42 Å². The second kappa shape index (κ2) is 16.6. The molecule has 2 heteroatoms. The van der Waals surface area contributed by atoms with Gasteiger partial charge < -0.3 is 5.32 Å². The van der Waals surface area contributed by atoms with Crippen molar-refractivity contribution in [3.05, 3.63) is 42.2 Å². The van der Waals surface area contributed by atoms with Crippen molar-refractivity contribution in [3.63, 3.8) is 0 Å². The smallest absolute Gasteiger partial charge is 0.0698 e. The summed E-state index contributed by atoms with van der Waals surface area (Å²) < 4.78 is 0. The van der Waals surface area contributed by atoms with Gasteiger partial charge in [0.1, 0.15) is 0 Å². The van der Waals surface area contributed by atoms with Crippen LogP contribution in [0.3, 0.4) is 0 Å². The Morgan fingerprint density at radius 3 is 2.42 bits per heavy atom. The van der Waals surface area contributed by atoms with Gasteiger partial charge in [-0.05, 0) is 44.1 Å². The fourth-order valence-corrected chi connectivity index (χ4v) is 1.25. The molecule has 1 heterocycles. The molecular formula is C17H30N2. The molecule has 19 heavy (non-hydrogen) atoms. The summed E-state index contributed by atoms with van der Waals surface area (Å²) >= 11 is 0. The number of rotatable bonds is 5. The van der Waals surface area contributed by atoms with Crippen LogP contribution < -0.4 is 5.32 Å². The van der Waals surface area contributed by atoms with Gasteiger partial charge in [-0.2, -0.15) is 0 Å². The predicted molar refractivity (Wildman–Crippen MR) is 89.2 cm³/mol. The van der Waals surface area contributed by atoms with Crippen molar-refractivity contribution >= 4 is 12.2 Å². The van der Waals surface area contributed by atoms with Gasteiger partial charge in [0.2, 0.25) is 0 Å². The molecule has 0 aliphatic rings. The predicted octanol–water partition coefficient (Wildman–Crippen LogP) is 4.79. The number of aromatic nitrogens is 1. The first kappa shape index (κ1) is 19.9. The van der Waals surface area contributed by atoms with Crippen LogP contribution in [0.5, 0.6) is 0 Å². The van der Waals surface area contributed by atoms with E-state index in [0.29, 0.717) is 0 Å². The number of pyridine rings is 1. The number of hydrogen-bond acceptors (Lipinski definition) is 2. The van der Waals surface area contributed by atoms with E-state index < -0.39 is 0 Å². The summed E-state index contributed by atoms with van der Waals surface area (Å²) in [6.07, 6.45) is 8.77. The molecule has 0 radical (unpaired) electrons. The zero-order chi connectivity index (χ0) is 14.9. The Bertz CT molecular complexity index is 326. The SMILES string of the molecule is C=Cc1cccnc1/C=C\C.CC.CCCNCC. The summed E-state index contributed by atoms with van der Waals surface area (Å²) in [5.41, 5.74) is 2.05. The van der Waals surface area contributed by atoms with E-state index in [2.05, 4.69) is 30.7 Å². The van der Waals surface area contributed by atoms with E-state index in [1.54, 1.807) is 6.20 Å². The van der Waals surface area contributed by atoms with Crippen LogP contribution in [0.25, 0.3) is 12.2 Å². The highest BCUT2D eigenvalue weighted by molar-refractivity contribution is 5.60. The fraction of sp³-hybridized carbons (Fsp3) is 0.471. The zero-order valence-electron chi connectivity index (χ0n) is 13.2. The van der Waals surface area contributed by atoms with Crippen LogP contribution in [0.15, 0.2) is 31.0 Å². The van der Waals surface area contributed by atoms with Gasteiger partial charge in [-0.15, -0.1) is 0 Å². The van der Waals surface area contributed by atoms with E-state index in [0.717, 1.165) is 24.3 Å².